The maximum atomic E-state index is 5.70. The molecule has 0 amide bonds. The molecule has 1 fully saturated rings. The number of morpholine rings is 1. The molecule has 2 rings (SSSR count). The van der Waals surface area contributed by atoms with Gasteiger partial charge in [0.05, 0.1) is 12.7 Å². The van der Waals surface area contributed by atoms with Crippen LogP contribution in [0.4, 0.5) is 5.69 Å². The quantitative estimate of drug-likeness (QED) is 0.893. The molecule has 1 aliphatic rings. The first kappa shape index (κ1) is 13.3. The molecule has 0 radical (unpaired) electrons. The van der Waals surface area contributed by atoms with Gasteiger partial charge in [-0.05, 0) is 41.2 Å². The molecule has 1 saturated heterocycles. The number of nitrogens with zero attached hydrogens (tertiary/aromatic N) is 1. The van der Waals surface area contributed by atoms with Crippen molar-refractivity contribution in [1.82, 2.24) is 4.90 Å². The van der Waals surface area contributed by atoms with E-state index >= 15 is 0 Å². The first-order valence-electron chi connectivity index (χ1n) is 5.64. The summed E-state index contributed by atoms with van der Waals surface area (Å²) < 4.78 is 7.84. The Kier molecular flexibility index (Phi) is 4.85. The number of likely N-dealkylation sites (N-methyl/N-ethyl adjacent to an activating group) is 1. The number of benzene rings is 1. The Labute approximate surface area is 119 Å². The zero-order chi connectivity index (χ0) is 12.3. The number of hydrogen-bond acceptors (Lipinski definition) is 3. The number of nitrogens with one attached hydrogen (secondary N) is 1. The molecule has 1 aromatic rings. The van der Waals surface area contributed by atoms with Crippen molar-refractivity contribution in [3.8, 4) is 0 Å². The first-order valence-corrected chi connectivity index (χ1v) is 7.23. The van der Waals surface area contributed by atoms with Gasteiger partial charge in [-0.2, -0.15) is 0 Å². The van der Waals surface area contributed by atoms with Gasteiger partial charge >= 0.3 is 0 Å². The van der Waals surface area contributed by atoms with Gasteiger partial charge in [-0.1, -0.05) is 15.9 Å². The second kappa shape index (κ2) is 6.18. The molecule has 94 valence electrons. The van der Waals surface area contributed by atoms with Crippen molar-refractivity contribution < 1.29 is 4.74 Å². The zero-order valence-corrected chi connectivity index (χ0v) is 12.9. The molecule has 1 atom stereocenters. The minimum atomic E-state index is 0.268. The summed E-state index contributed by atoms with van der Waals surface area (Å²) in [6.07, 6.45) is 0.268. The van der Waals surface area contributed by atoms with Crippen LogP contribution in [0.15, 0.2) is 27.1 Å². The van der Waals surface area contributed by atoms with E-state index in [1.165, 1.54) is 0 Å². The molecule has 1 aliphatic heterocycles. The highest BCUT2D eigenvalue weighted by molar-refractivity contribution is 9.11. The summed E-state index contributed by atoms with van der Waals surface area (Å²) in [5.41, 5.74) is 1.10. The highest BCUT2D eigenvalue weighted by atomic mass is 79.9. The Morgan fingerprint density at radius 3 is 3.00 bits per heavy atom. The van der Waals surface area contributed by atoms with E-state index in [2.05, 4.69) is 55.2 Å². The summed E-state index contributed by atoms with van der Waals surface area (Å²) in [5.74, 6) is 0. The molecule has 5 heteroatoms. The van der Waals surface area contributed by atoms with E-state index in [-0.39, 0.29) is 6.10 Å². The SMILES string of the molecule is CN1CCOC(CNc2ccc(Br)cc2Br)C1. The topological polar surface area (TPSA) is 24.5 Å². The molecule has 1 unspecified atom stereocenters. The molecule has 3 nitrogen and oxygen atoms in total. The van der Waals surface area contributed by atoms with Crippen LogP contribution in [0.1, 0.15) is 0 Å². The lowest BCUT2D eigenvalue weighted by Gasteiger charge is -2.30. The maximum Gasteiger partial charge on any atom is 0.0874 e. The van der Waals surface area contributed by atoms with E-state index in [0.29, 0.717) is 0 Å². The summed E-state index contributed by atoms with van der Waals surface area (Å²) in [7, 11) is 2.13. The highest BCUT2D eigenvalue weighted by Crippen LogP contribution is 2.26. The van der Waals surface area contributed by atoms with Crippen molar-refractivity contribution >= 4 is 37.5 Å². The van der Waals surface area contributed by atoms with Crippen molar-refractivity contribution in [2.24, 2.45) is 0 Å². The molecule has 1 N–H and O–H groups in total. The smallest absolute Gasteiger partial charge is 0.0874 e. The number of rotatable bonds is 3. The lowest BCUT2D eigenvalue weighted by Crippen LogP contribution is -2.43. The van der Waals surface area contributed by atoms with E-state index in [0.717, 1.165) is 40.9 Å². The first-order chi connectivity index (χ1) is 8.15. The van der Waals surface area contributed by atoms with Crippen LogP contribution in [0.25, 0.3) is 0 Å². The lowest BCUT2D eigenvalue weighted by atomic mass is 10.2. The molecular formula is C12H16Br2N2O. The summed E-state index contributed by atoms with van der Waals surface area (Å²) in [5, 5.41) is 3.41. The Hall–Kier alpha value is -0.100. The number of ether oxygens (including phenoxy) is 1. The van der Waals surface area contributed by atoms with Crippen molar-refractivity contribution in [2.45, 2.75) is 6.10 Å². The van der Waals surface area contributed by atoms with Crippen LogP contribution in [0.2, 0.25) is 0 Å². The normalized spacial score (nSPS) is 21.5. The van der Waals surface area contributed by atoms with Gasteiger partial charge in [0.25, 0.3) is 0 Å². The van der Waals surface area contributed by atoms with Crippen LogP contribution in [-0.2, 0) is 4.74 Å². The fourth-order valence-electron chi connectivity index (χ4n) is 1.85. The van der Waals surface area contributed by atoms with E-state index in [1.807, 2.05) is 12.1 Å². The third kappa shape index (κ3) is 3.95. The van der Waals surface area contributed by atoms with Crippen LogP contribution in [0, 0.1) is 0 Å². The molecule has 0 aliphatic carbocycles. The summed E-state index contributed by atoms with van der Waals surface area (Å²) >= 11 is 6.98. The second-order valence-corrected chi connectivity index (χ2v) is 6.03. The maximum absolute atomic E-state index is 5.70. The largest absolute Gasteiger partial charge is 0.381 e. The van der Waals surface area contributed by atoms with Crippen molar-refractivity contribution in [3.63, 3.8) is 0 Å². The van der Waals surface area contributed by atoms with E-state index in [4.69, 9.17) is 4.74 Å². The molecule has 17 heavy (non-hydrogen) atoms. The van der Waals surface area contributed by atoms with Crippen LogP contribution in [0.5, 0.6) is 0 Å². The van der Waals surface area contributed by atoms with Gasteiger partial charge in [0, 0.05) is 34.3 Å². The predicted molar refractivity (Wildman–Crippen MR) is 77.6 cm³/mol. The molecule has 1 heterocycles. The lowest BCUT2D eigenvalue weighted by molar-refractivity contribution is -0.0117. The van der Waals surface area contributed by atoms with Crippen molar-refractivity contribution in [2.75, 3.05) is 38.6 Å². The average molecular weight is 364 g/mol. The van der Waals surface area contributed by atoms with Gasteiger partial charge in [-0.25, -0.2) is 0 Å². The summed E-state index contributed by atoms with van der Waals surface area (Å²) in [6.45, 7) is 3.68. The zero-order valence-electron chi connectivity index (χ0n) is 9.75. The number of hydrogen-bond donors (Lipinski definition) is 1. The van der Waals surface area contributed by atoms with Crippen LogP contribution < -0.4 is 5.32 Å². The molecular weight excluding hydrogens is 348 g/mol. The molecule has 0 bridgehead atoms. The Morgan fingerprint density at radius 1 is 1.47 bits per heavy atom. The third-order valence-corrected chi connectivity index (χ3v) is 3.94. The standard InChI is InChI=1S/C12H16Br2N2O/c1-16-4-5-17-10(8-16)7-15-12-3-2-9(13)6-11(12)14/h2-3,6,10,15H,4-5,7-8H2,1H3. The Morgan fingerprint density at radius 2 is 2.29 bits per heavy atom. The fraction of sp³-hybridized carbons (Fsp3) is 0.500. The van der Waals surface area contributed by atoms with E-state index < -0.39 is 0 Å². The number of anilines is 1. The van der Waals surface area contributed by atoms with Crippen LogP contribution >= 0.6 is 31.9 Å². The summed E-state index contributed by atoms with van der Waals surface area (Å²) in [6, 6.07) is 6.12. The van der Waals surface area contributed by atoms with Gasteiger partial charge in [-0.3, -0.25) is 0 Å². The third-order valence-electron chi connectivity index (χ3n) is 2.79. The average Bonchev–Trinajstić information content (AvgIpc) is 2.28. The van der Waals surface area contributed by atoms with Gasteiger partial charge in [0.15, 0.2) is 0 Å². The van der Waals surface area contributed by atoms with E-state index in [1.54, 1.807) is 0 Å². The van der Waals surface area contributed by atoms with Crippen LogP contribution in [0.3, 0.4) is 0 Å². The molecule has 0 spiro atoms. The van der Waals surface area contributed by atoms with Crippen molar-refractivity contribution in [3.05, 3.63) is 27.1 Å². The van der Waals surface area contributed by atoms with Gasteiger partial charge in [0.1, 0.15) is 0 Å². The van der Waals surface area contributed by atoms with Gasteiger partial charge < -0.3 is 15.0 Å². The van der Waals surface area contributed by atoms with Gasteiger partial charge in [-0.15, -0.1) is 0 Å². The van der Waals surface area contributed by atoms with E-state index in [9.17, 15) is 0 Å². The highest BCUT2D eigenvalue weighted by Gasteiger charge is 2.17. The fourth-order valence-corrected chi connectivity index (χ4v) is 3.03. The second-order valence-electron chi connectivity index (χ2n) is 4.26. The van der Waals surface area contributed by atoms with Gasteiger partial charge in [0.2, 0.25) is 0 Å². The Balaban J connectivity index is 1.88. The van der Waals surface area contributed by atoms with Crippen molar-refractivity contribution in [1.29, 1.82) is 0 Å². The molecule has 1 aromatic carbocycles. The van der Waals surface area contributed by atoms with Crippen LogP contribution in [-0.4, -0.2) is 44.3 Å². The molecule has 0 aromatic heterocycles. The minimum absolute atomic E-state index is 0.268. The minimum Gasteiger partial charge on any atom is -0.381 e. The monoisotopic (exact) mass is 362 g/mol. The molecule has 0 saturated carbocycles. The predicted octanol–water partition coefficient (Wildman–Crippen LogP) is 2.95. The Bertz CT molecular complexity index is 387. The summed E-state index contributed by atoms with van der Waals surface area (Å²) in [4.78, 5) is 2.30. The number of halogens is 2.